The van der Waals surface area contributed by atoms with E-state index < -0.39 is 0 Å². The van der Waals surface area contributed by atoms with Crippen molar-refractivity contribution in [3.05, 3.63) is 70.2 Å². The van der Waals surface area contributed by atoms with Crippen molar-refractivity contribution in [1.29, 1.82) is 0 Å². The number of nitrogens with one attached hydrogen (secondary N) is 1. The maximum atomic E-state index is 6.07. The Bertz CT molecular complexity index is 616. The topological polar surface area (TPSA) is 12.0 Å². The van der Waals surface area contributed by atoms with Crippen LogP contribution in [0.25, 0.3) is 0 Å². The van der Waals surface area contributed by atoms with Crippen LogP contribution in [0.3, 0.4) is 0 Å². The van der Waals surface area contributed by atoms with Crippen molar-refractivity contribution in [2.24, 2.45) is 0 Å². The largest absolute Gasteiger partial charge is 0.307 e. The molecule has 2 aromatic rings. The first kappa shape index (κ1) is 14.6. The van der Waals surface area contributed by atoms with Gasteiger partial charge in [-0.2, -0.15) is 0 Å². The first-order valence-corrected chi connectivity index (χ1v) is 8.08. The molecule has 1 saturated carbocycles. The van der Waals surface area contributed by atoms with E-state index in [4.69, 9.17) is 11.6 Å². The molecule has 1 fully saturated rings. The number of rotatable bonds is 4. The summed E-state index contributed by atoms with van der Waals surface area (Å²) in [7, 11) is 0. The lowest BCUT2D eigenvalue weighted by molar-refractivity contribution is 0.270. The highest BCUT2D eigenvalue weighted by Gasteiger charge is 2.31. The second-order valence-electron chi connectivity index (χ2n) is 6.17. The summed E-state index contributed by atoms with van der Waals surface area (Å²) in [5.41, 5.74) is 4.21. The van der Waals surface area contributed by atoms with Crippen molar-refractivity contribution in [3.8, 4) is 0 Å². The van der Waals surface area contributed by atoms with E-state index in [0.29, 0.717) is 12.1 Å². The van der Waals surface area contributed by atoms with Gasteiger partial charge in [0.1, 0.15) is 0 Å². The molecule has 1 N–H and O–H groups in total. The van der Waals surface area contributed by atoms with Crippen molar-refractivity contribution in [2.75, 3.05) is 0 Å². The molecule has 0 aromatic heterocycles. The Hall–Kier alpha value is -1.31. The molecule has 1 atom stereocenters. The van der Waals surface area contributed by atoms with E-state index in [1.165, 1.54) is 29.5 Å². The van der Waals surface area contributed by atoms with Gasteiger partial charge in [-0.3, -0.25) is 0 Å². The zero-order valence-corrected chi connectivity index (χ0v) is 13.4. The lowest BCUT2D eigenvalue weighted by Crippen LogP contribution is -2.41. The SMILES string of the molecule is Cc1ccccc1C1CC(NC(C)c2cccc(Cl)c2)C1. The minimum absolute atomic E-state index is 0.353. The van der Waals surface area contributed by atoms with Crippen molar-refractivity contribution >= 4 is 11.6 Å². The molecule has 1 unspecified atom stereocenters. The maximum absolute atomic E-state index is 6.07. The van der Waals surface area contributed by atoms with Gasteiger partial charge in [0.25, 0.3) is 0 Å². The summed E-state index contributed by atoms with van der Waals surface area (Å²) in [6.45, 7) is 4.43. The van der Waals surface area contributed by atoms with Crippen LogP contribution in [0.15, 0.2) is 48.5 Å². The standard InChI is InChI=1S/C19H22ClN/c1-13-6-3-4-9-19(13)16-11-18(12-16)21-14(2)15-7-5-8-17(20)10-15/h3-10,14,16,18,21H,11-12H2,1-2H3. The summed E-state index contributed by atoms with van der Waals surface area (Å²) in [5.74, 6) is 0.718. The van der Waals surface area contributed by atoms with Gasteiger partial charge in [-0.15, -0.1) is 0 Å². The second kappa shape index (κ2) is 6.21. The summed E-state index contributed by atoms with van der Waals surface area (Å²) in [4.78, 5) is 0. The number of hydrogen-bond acceptors (Lipinski definition) is 1. The zero-order chi connectivity index (χ0) is 14.8. The van der Waals surface area contributed by atoms with Gasteiger partial charge < -0.3 is 5.32 Å². The van der Waals surface area contributed by atoms with Crippen LogP contribution >= 0.6 is 11.6 Å². The van der Waals surface area contributed by atoms with Crippen LogP contribution in [0.4, 0.5) is 0 Å². The minimum atomic E-state index is 0.353. The summed E-state index contributed by atoms with van der Waals surface area (Å²) in [5, 5.41) is 4.53. The van der Waals surface area contributed by atoms with Crippen molar-refractivity contribution in [3.63, 3.8) is 0 Å². The molecule has 1 nitrogen and oxygen atoms in total. The molecule has 3 rings (SSSR count). The first-order chi connectivity index (χ1) is 10.1. The highest BCUT2D eigenvalue weighted by molar-refractivity contribution is 6.30. The second-order valence-corrected chi connectivity index (χ2v) is 6.60. The molecule has 0 amide bonds. The molecule has 1 aliphatic carbocycles. The van der Waals surface area contributed by atoms with E-state index in [0.717, 1.165) is 10.9 Å². The van der Waals surface area contributed by atoms with Gasteiger partial charge in [-0.05, 0) is 61.4 Å². The Labute approximate surface area is 132 Å². The fourth-order valence-electron chi connectivity index (χ4n) is 3.28. The third kappa shape index (κ3) is 3.30. The summed E-state index contributed by atoms with van der Waals surface area (Å²) >= 11 is 6.07. The molecule has 0 saturated heterocycles. The average Bonchev–Trinajstić information content (AvgIpc) is 2.43. The van der Waals surface area contributed by atoms with Crippen LogP contribution in [-0.4, -0.2) is 6.04 Å². The van der Waals surface area contributed by atoms with Gasteiger partial charge in [0.2, 0.25) is 0 Å². The maximum Gasteiger partial charge on any atom is 0.0409 e. The Kier molecular flexibility index (Phi) is 4.32. The molecule has 1 aliphatic rings. The number of aryl methyl sites for hydroxylation is 1. The van der Waals surface area contributed by atoms with Crippen LogP contribution in [0, 0.1) is 6.92 Å². The predicted octanol–water partition coefficient (Wildman–Crippen LogP) is 5.25. The van der Waals surface area contributed by atoms with E-state index in [2.05, 4.69) is 55.6 Å². The number of hydrogen-bond donors (Lipinski definition) is 1. The lowest BCUT2D eigenvalue weighted by atomic mass is 9.74. The van der Waals surface area contributed by atoms with E-state index >= 15 is 0 Å². The van der Waals surface area contributed by atoms with Crippen LogP contribution in [0.2, 0.25) is 5.02 Å². The van der Waals surface area contributed by atoms with E-state index in [-0.39, 0.29) is 0 Å². The third-order valence-electron chi connectivity index (χ3n) is 4.60. The molecule has 0 bridgehead atoms. The van der Waals surface area contributed by atoms with Crippen LogP contribution in [0.1, 0.15) is 48.4 Å². The highest BCUT2D eigenvalue weighted by Crippen LogP contribution is 2.39. The van der Waals surface area contributed by atoms with Crippen LogP contribution in [-0.2, 0) is 0 Å². The molecule has 0 heterocycles. The molecule has 2 aromatic carbocycles. The summed E-state index contributed by atoms with van der Waals surface area (Å²) in [6, 6.07) is 17.9. The quantitative estimate of drug-likeness (QED) is 0.813. The average molecular weight is 300 g/mol. The van der Waals surface area contributed by atoms with Gasteiger partial charge >= 0.3 is 0 Å². The van der Waals surface area contributed by atoms with Gasteiger partial charge in [0, 0.05) is 17.1 Å². The molecule has 0 radical (unpaired) electrons. The number of halogens is 1. The summed E-state index contributed by atoms with van der Waals surface area (Å²) < 4.78 is 0. The van der Waals surface area contributed by atoms with Gasteiger partial charge in [0.15, 0.2) is 0 Å². The molecule has 0 aliphatic heterocycles. The van der Waals surface area contributed by atoms with Crippen molar-refractivity contribution < 1.29 is 0 Å². The molecular weight excluding hydrogens is 278 g/mol. The normalized spacial score (nSPS) is 22.6. The molecule has 0 spiro atoms. The summed E-state index contributed by atoms with van der Waals surface area (Å²) in [6.07, 6.45) is 2.46. The van der Waals surface area contributed by atoms with Gasteiger partial charge in [-0.1, -0.05) is 48.0 Å². The minimum Gasteiger partial charge on any atom is -0.307 e. The first-order valence-electron chi connectivity index (χ1n) is 7.70. The van der Waals surface area contributed by atoms with Crippen molar-refractivity contribution in [2.45, 2.75) is 44.7 Å². The molecular formula is C19H22ClN. The highest BCUT2D eigenvalue weighted by atomic mass is 35.5. The zero-order valence-electron chi connectivity index (χ0n) is 12.6. The smallest absolute Gasteiger partial charge is 0.0409 e. The Morgan fingerprint density at radius 1 is 1.10 bits per heavy atom. The fourth-order valence-corrected chi connectivity index (χ4v) is 3.48. The van der Waals surface area contributed by atoms with E-state index in [9.17, 15) is 0 Å². The van der Waals surface area contributed by atoms with E-state index in [1.54, 1.807) is 0 Å². The third-order valence-corrected chi connectivity index (χ3v) is 4.84. The van der Waals surface area contributed by atoms with Crippen molar-refractivity contribution in [1.82, 2.24) is 5.32 Å². The fraction of sp³-hybridized carbons (Fsp3) is 0.368. The lowest BCUT2D eigenvalue weighted by Gasteiger charge is -2.39. The Morgan fingerprint density at radius 3 is 2.57 bits per heavy atom. The molecule has 110 valence electrons. The Morgan fingerprint density at radius 2 is 1.86 bits per heavy atom. The number of benzene rings is 2. The van der Waals surface area contributed by atoms with Gasteiger partial charge in [-0.25, -0.2) is 0 Å². The Balaban J connectivity index is 1.56. The molecule has 2 heteroatoms. The van der Waals surface area contributed by atoms with E-state index in [1.807, 2.05) is 12.1 Å². The van der Waals surface area contributed by atoms with Crippen LogP contribution < -0.4 is 5.32 Å². The predicted molar refractivity (Wildman–Crippen MR) is 89.9 cm³/mol. The van der Waals surface area contributed by atoms with Crippen LogP contribution in [0.5, 0.6) is 0 Å². The molecule has 21 heavy (non-hydrogen) atoms. The monoisotopic (exact) mass is 299 g/mol. The van der Waals surface area contributed by atoms with Gasteiger partial charge in [0.05, 0.1) is 0 Å².